The first-order chi connectivity index (χ1) is 24.5. The van der Waals surface area contributed by atoms with Gasteiger partial charge in [-0.15, -0.1) is 59.7 Å². The molecule has 0 atom stereocenters. The van der Waals surface area contributed by atoms with E-state index in [2.05, 4.69) is 73.9 Å². The van der Waals surface area contributed by atoms with E-state index in [0.29, 0.717) is 11.5 Å². The molecule has 3 aromatic heterocycles. The molecule has 0 unspecified atom stereocenters. The molecule has 8 rings (SSSR count). The van der Waals surface area contributed by atoms with Gasteiger partial charge in [0.1, 0.15) is 0 Å². The van der Waals surface area contributed by atoms with Gasteiger partial charge in [-0.1, -0.05) is 93.0 Å². The maximum atomic E-state index is 14.3. The standard InChI is InChI=1S/C27H13F3NS.C17H22NSi.Ir/c28-22-11-10-18(25(29)26(22)30)16-8-9-19-20-6-3-7-21(27(20)32-24(19)13-16)23-12-15-4-1-2-5-17(15)14-31-23;1-13(2)15-11-16(14-9-7-6-8-10-14)18-12-17(15)19(3,4)5;/h1-6,8-14H;6-9,11-13H,1-5H3;/q2*-1;. The summed E-state index contributed by atoms with van der Waals surface area (Å²) in [5.74, 6) is -3.30. The van der Waals surface area contributed by atoms with E-state index < -0.39 is 25.5 Å². The van der Waals surface area contributed by atoms with Crippen molar-refractivity contribution in [2.45, 2.75) is 39.4 Å². The zero-order valence-electron chi connectivity index (χ0n) is 29.3. The average Bonchev–Trinajstić information content (AvgIpc) is 3.52. The van der Waals surface area contributed by atoms with Crippen molar-refractivity contribution in [2.24, 2.45) is 0 Å². The van der Waals surface area contributed by atoms with Gasteiger partial charge in [0.25, 0.3) is 0 Å². The molecule has 0 fully saturated rings. The van der Waals surface area contributed by atoms with Crippen LogP contribution in [-0.2, 0) is 20.1 Å². The van der Waals surface area contributed by atoms with Crippen LogP contribution in [0.5, 0.6) is 0 Å². The van der Waals surface area contributed by atoms with Gasteiger partial charge >= 0.3 is 0 Å². The smallest absolute Gasteiger partial charge is 0.195 e. The van der Waals surface area contributed by atoms with Crippen LogP contribution >= 0.6 is 11.3 Å². The maximum Gasteiger partial charge on any atom is 0.195 e. The molecule has 8 heteroatoms. The fourth-order valence-corrected chi connectivity index (χ4v) is 9.27. The third-order valence-electron chi connectivity index (χ3n) is 9.02. The second kappa shape index (κ2) is 15.3. The average molecular weight is 901 g/mol. The predicted octanol–water partition coefficient (Wildman–Crippen LogP) is 12.4. The van der Waals surface area contributed by atoms with Gasteiger partial charge in [0.2, 0.25) is 0 Å². The molecular formula is C44H35F3IrN2SSi-2. The molecule has 0 amide bonds. The molecule has 0 aliphatic carbocycles. The third-order valence-corrected chi connectivity index (χ3v) is 12.2. The summed E-state index contributed by atoms with van der Waals surface area (Å²) in [4.78, 5) is 9.30. The molecule has 0 aliphatic heterocycles. The molecule has 263 valence electrons. The molecule has 52 heavy (non-hydrogen) atoms. The fourth-order valence-electron chi connectivity index (χ4n) is 6.34. The Hall–Kier alpha value is -4.46. The Labute approximate surface area is 320 Å². The summed E-state index contributed by atoms with van der Waals surface area (Å²) in [7, 11) is -1.34. The Morgan fingerprint density at radius 3 is 2.17 bits per heavy atom. The van der Waals surface area contributed by atoms with E-state index in [1.165, 1.54) is 16.8 Å². The number of thiophene rings is 1. The Kier molecular flexibility index (Phi) is 10.9. The van der Waals surface area contributed by atoms with Gasteiger partial charge in [-0.05, 0) is 67.1 Å². The largest absolute Gasteiger partial charge is 0.305 e. The molecule has 0 saturated heterocycles. The summed E-state index contributed by atoms with van der Waals surface area (Å²) >= 11 is 1.55. The SMILES string of the molecule is CC(C)c1cc(-c2[c-]cccc2)ncc1[Si](C)(C)C.Fc1ccc(-c2ccc3c(c2)sc2c(-c4cc5ccccc5cn4)[c-]ccc23)c(F)c1F.[Ir]. The van der Waals surface area contributed by atoms with Crippen molar-refractivity contribution in [3.8, 4) is 33.6 Å². The van der Waals surface area contributed by atoms with Crippen molar-refractivity contribution < 1.29 is 33.3 Å². The number of hydrogen-bond donors (Lipinski definition) is 0. The van der Waals surface area contributed by atoms with Crippen LogP contribution in [-0.4, -0.2) is 18.0 Å². The number of nitrogens with zero attached hydrogens (tertiary/aromatic N) is 2. The predicted molar refractivity (Wildman–Crippen MR) is 210 cm³/mol. The normalized spacial score (nSPS) is 11.5. The number of hydrogen-bond acceptors (Lipinski definition) is 3. The van der Waals surface area contributed by atoms with E-state index in [1.54, 1.807) is 17.4 Å². The van der Waals surface area contributed by atoms with Crippen molar-refractivity contribution in [3.63, 3.8) is 0 Å². The minimum Gasteiger partial charge on any atom is -0.305 e. The van der Waals surface area contributed by atoms with E-state index in [1.807, 2.05) is 79.0 Å². The van der Waals surface area contributed by atoms with Gasteiger partial charge in [0, 0.05) is 42.8 Å². The minimum absolute atomic E-state index is 0. The Morgan fingerprint density at radius 1 is 0.692 bits per heavy atom. The summed E-state index contributed by atoms with van der Waals surface area (Å²) < 4.78 is 43.4. The zero-order valence-corrected chi connectivity index (χ0v) is 33.5. The summed E-state index contributed by atoms with van der Waals surface area (Å²) in [6.45, 7) is 11.7. The van der Waals surface area contributed by atoms with Crippen molar-refractivity contribution in [1.82, 2.24) is 9.97 Å². The number of aromatic nitrogens is 2. The summed E-state index contributed by atoms with van der Waals surface area (Å²) in [5, 5.41) is 5.69. The van der Waals surface area contributed by atoms with Crippen LogP contribution in [0.2, 0.25) is 19.6 Å². The minimum atomic E-state index is -1.46. The molecule has 0 spiro atoms. The molecule has 5 aromatic carbocycles. The molecule has 0 bridgehead atoms. The van der Waals surface area contributed by atoms with Crippen LogP contribution in [0.1, 0.15) is 25.3 Å². The van der Waals surface area contributed by atoms with Crippen molar-refractivity contribution in [3.05, 3.63) is 151 Å². The quantitative estimate of drug-likeness (QED) is 0.0977. The first kappa shape index (κ1) is 37.3. The van der Waals surface area contributed by atoms with E-state index >= 15 is 0 Å². The van der Waals surface area contributed by atoms with E-state index in [9.17, 15) is 13.2 Å². The van der Waals surface area contributed by atoms with Crippen LogP contribution in [0, 0.1) is 29.6 Å². The number of pyridine rings is 2. The number of halogens is 3. The first-order valence-corrected chi connectivity index (χ1v) is 21.1. The molecule has 0 aliphatic rings. The Balaban J connectivity index is 0.000000200. The van der Waals surface area contributed by atoms with Gasteiger partial charge in [-0.3, -0.25) is 0 Å². The topological polar surface area (TPSA) is 25.8 Å². The van der Waals surface area contributed by atoms with Crippen molar-refractivity contribution in [2.75, 3.05) is 0 Å². The fraction of sp³-hybridized carbons (Fsp3) is 0.136. The Morgan fingerprint density at radius 2 is 1.44 bits per heavy atom. The van der Waals surface area contributed by atoms with Crippen LogP contribution in [0.4, 0.5) is 13.2 Å². The molecule has 0 N–H and O–H groups in total. The van der Waals surface area contributed by atoms with E-state index in [4.69, 9.17) is 0 Å². The second-order valence-corrected chi connectivity index (χ2v) is 20.0. The van der Waals surface area contributed by atoms with E-state index in [0.717, 1.165) is 59.5 Å². The van der Waals surface area contributed by atoms with Crippen LogP contribution in [0.3, 0.4) is 0 Å². The third kappa shape index (κ3) is 7.39. The number of benzene rings is 5. The van der Waals surface area contributed by atoms with Crippen LogP contribution < -0.4 is 5.19 Å². The van der Waals surface area contributed by atoms with Crippen molar-refractivity contribution >= 4 is 55.5 Å². The molecule has 2 nitrogen and oxygen atoms in total. The summed E-state index contributed by atoms with van der Waals surface area (Å²) in [6, 6.07) is 38.5. The molecule has 8 aromatic rings. The number of fused-ring (bicyclic) bond motifs is 4. The molecule has 3 heterocycles. The Bertz CT molecular complexity index is 2550. The molecule has 1 radical (unpaired) electrons. The molecular weight excluding hydrogens is 866 g/mol. The monoisotopic (exact) mass is 901 g/mol. The van der Waals surface area contributed by atoms with Gasteiger partial charge < -0.3 is 9.97 Å². The van der Waals surface area contributed by atoms with Crippen LogP contribution in [0.25, 0.3) is 64.6 Å². The second-order valence-electron chi connectivity index (χ2n) is 13.9. The zero-order chi connectivity index (χ0) is 35.9. The van der Waals surface area contributed by atoms with Gasteiger partial charge in [0.15, 0.2) is 17.5 Å². The van der Waals surface area contributed by atoms with Crippen LogP contribution in [0.15, 0.2) is 116 Å². The van der Waals surface area contributed by atoms with Gasteiger partial charge in [0.05, 0.1) is 8.07 Å². The molecule has 0 saturated carbocycles. The maximum absolute atomic E-state index is 14.3. The van der Waals surface area contributed by atoms with Gasteiger partial charge in [-0.2, -0.15) is 11.3 Å². The van der Waals surface area contributed by atoms with Gasteiger partial charge in [-0.25, -0.2) is 13.2 Å². The first-order valence-electron chi connectivity index (χ1n) is 16.8. The number of rotatable bonds is 5. The van der Waals surface area contributed by atoms with Crippen molar-refractivity contribution in [1.29, 1.82) is 0 Å². The van der Waals surface area contributed by atoms with E-state index in [-0.39, 0.29) is 25.7 Å². The summed E-state index contributed by atoms with van der Waals surface area (Å²) in [6.07, 6.45) is 3.95. The summed E-state index contributed by atoms with van der Waals surface area (Å²) in [5.41, 5.74) is 5.81.